The molecule has 0 saturated heterocycles. The predicted molar refractivity (Wildman–Crippen MR) is 108 cm³/mol. The van der Waals surface area contributed by atoms with Crippen molar-refractivity contribution >= 4 is 18.0 Å². The van der Waals surface area contributed by atoms with Gasteiger partial charge in [0.1, 0.15) is 12.6 Å². The first-order valence-corrected chi connectivity index (χ1v) is 9.62. The molecular weight excluding hydrogens is 372 g/mol. The molecule has 1 aliphatic rings. The molecule has 0 bridgehead atoms. The van der Waals surface area contributed by atoms with Crippen LogP contribution in [-0.4, -0.2) is 42.3 Å². The van der Waals surface area contributed by atoms with Gasteiger partial charge in [-0.15, -0.1) is 0 Å². The van der Waals surface area contributed by atoms with Crippen molar-refractivity contribution in [3.63, 3.8) is 0 Å². The van der Waals surface area contributed by atoms with Gasteiger partial charge in [0.25, 0.3) is 0 Å². The monoisotopic (exact) mass is 396 g/mol. The van der Waals surface area contributed by atoms with Gasteiger partial charge < -0.3 is 20.5 Å². The zero-order chi connectivity index (χ0) is 20.8. The van der Waals surface area contributed by atoms with E-state index >= 15 is 0 Å². The summed E-state index contributed by atoms with van der Waals surface area (Å²) in [7, 11) is 0. The van der Waals surface area contributed by atoms with Crippen LogP contribution in [0, 0.1) is 0 Å². The Morgan fingerprint density at radius 3 is 2.17 bits per heavy atom. The van der Waals surface area contributed by atoms with E-state index in [-0.39, 0.29) is 25.5 Å². The van der Waals surface area contributed by atoms with Gasteiger partial charge in [-0.2, -0.15) is 0 Å². The molecule has 0 radical (unpaired) electrons. The van der Waals surface area contributed by atoms with Crippen LogP contribution >= 0.6 is 0 Å². The maximum absolute atomic E-state index is 12.3. The van der Waals surface area contributed by atoms with E-state index in [1.54, 1.807) is 6.92 Å². The summed E-state index contributed by atoms with van der Waals surface area (Å²) in [6.07, 6.45) is -0.483. The number of hydrogen-bond acceptors (Lipinski definition) is 4. The molecule has 1 aliphatic carbocycles. The van der Waals surface area contributed by atoms with E-state index in [1.807, 2.05) is 36.4 Å². The highest BCUT2D eigenvalue weighted by molar-refractivity contribution is 5.86. The lowest BCUT2D eigenvalue weighted by atomic mass is 9.98. The molecule has 0 spiro atoms. The van der Waals surface area contributed by atoms with E-state index in [9.17, 15) is 14.4 Å². The Hall–Kier alpha value is -3.35. The summed E-state index contributed by atoms with van der Waals surface area (Å²) in [5, 5.41) is 13.7. The quantitative estimate of drug-likeness (QED) is 0.636. The first-order valence-electron chi connectivity index (χ1n) is 9.62. The Bertz CT molecular complexity index is 866. The maximum Gasteiger partial charge on any atom is 0.407 e. The van der Waals surface area contributed by atoms with Crippen LogP contribution in [0.15, 0.2) is 48.5 Å². The number of hydrogen-bond donors (Lipinski definition) is 3. The van der Waals surface area contributed by atoms with Gasteiger partial charge in [0.2, 0.25) is 5.91 Å². The Balaban J connectivity index is 1.59. The highest BCUT2D eigenvalue weighted by Gasteiger charge is 2.29. The summed E-state index contributed by atoms with van der Waals surface area (Å²) in [5.41, 5.74) is 4.50. The molecule has 1 atom stereocenters. The van der Waals surface area contributed by atoms with E-state index in [4.69, 9.17) is 9.84 Å². The second-order valence-corrected chi connectivity index (χ2v) is 6.87. The molecule has 2 aromatic rings. The number of nitrogens with one attached hydrogen (secondary N) is 2. The SMILES string of the molecule is CC[C@H](NC(=O)OCC1c2ccccc2-c2ccccc21)C(=O)NCCC(=O)O. The van der Waals surface area contributed by atoms with Crippen LogP contribution in [0.25, 0.3) is 11.1 Å². The minimum absolute atomic E-state index is 0.0109. The molecular formula is C22H24N2O5. The molecule has 2 aromatic carbocycles. The van der Waals surface area contributed by atoms with Gasteiger partial charge in [0.05, 0.1) is 6.42 Å². The molecule has 0 aliphatic heterocycles. The third-order valence-corrected chi connectivity index (χ3v) is 5.00. The number of benzene rings is 2. The molecule has 3 N–H and O–H groups in total. The number of aliphatic carboxylic acids is 1. The zero-order valence-electron chi connectivity index (χ0n) is 16.2. The molecule has 0 saturated carbocycles. The predicted octanol–water partition coefficient (Wildman–Crippen LogP) is 2.89. The van der Waals surface area contributed by atoms with Crippen molar-refractivity contribution in [1.29, 1.82) is 0 Å². The number of amides is 2. The third-order valence-electron chi connectivity index (χ3n) is 5.00. The van der Waals surface area contributed by atoms with Crippen LogP contribution in [-0.2, 0) is 14.3 Å². The zero-order valence-corrected chi connectivity index (χ0v) is 16.2. The topological polar surface area (TPSA) is 105 Å². The van der Waals surface area contributed by atoms with Gasteiger partial charge in [-0.05, 0) is 28.7 Å². The average Bonchev–Trinajstić information content (AvgIpc) is 3.04. The average molecular weight is 396 g/mol. The van der Waals surface area contributed by atoms with Crippen molar-refractivity contribution in [2.75, 3.05) is 13.2 Å². The lowest BCUT2D eigenvalue weighted by Crippen LogP contribution is -2.47. The molecule has 0 aromatic heterocycles. The van der Waals surface area contributed by atoms with E-state index in [0.29, 0.717) is 6.42 Å². The number of carboxylic acid groups (broad SMARTS) is 1. The summed E-state index contributed by atoms with van der Waals surface area (Å²) >= 11 is 0. The summed E-state index contributed by atoms with van der Waals surface area (Å²) < 4.78 is 5.44. The molecule has 3 rings (SSSR count). The molecule has 7 nitrogen and oxygen atoms in total. The van der Waals surface area contributed by atoms with Crippen molar-refractivity contribution in [2.45, 2.75) is 31.7 Å². The molecule has 0 unspecified atom stereocenters. The minimum atomic E-state index is -0.997. The third kappa shape index (κ3) is 4.74. The number of fused-ring (bicyclic) bond motifs is 3. The fraction of sp³-hybridized carbons (Fsp3) is 0.318. The van der Waals surface area contributed by atoms with Gasteiger partial charge in [0.15, 0.2) is 0 Å². The Morgan fingerprint density at radius 1 is 1.03 bits per heavy atom. The smallest absolute Gasteiger partial charge is 0.407 e. The maximum atomic E-state index is 12.3. The molecule has 0 heterocycles. The lowest BCUT2D eigenvalue weighted by Gasteiger charge is -2.18. The van der Waals surface area contributed by atoms with Crippen molar-refractivity contribution in [2.24, 2.45) is 0 Å². The van der Waals surface area contributed by atoms with Crippen LogP contribution in [0.3, 0.4) is 0 Å². The van der Waals surface area contributed by atoms with Gasteiger partial charge in [0, 0.05) is 12.5 Å². The number of ether oxygens (including phenoxy) is 1. The van der Waals surface area contributed by atoms with Gasteiger partial charge in [-0.3, -0.25) is 9.59 Å². The summed E-state index contributed by atoms with van der Waals surface area (Å²) in [6.45, 7) is 1.93. The van der Waals surface area contributed by atoms with E-state index in [0.717, 1.165) is 22.3 Å². The van der Waals surface area contributed by atoms with Crippen LogP contribution in [0.1, 0.15) is 36.8 Å². The lowest BCUT2D eigenvalue weighted by molar-refractivity contribution is -0.137. The van der Waals surface area contributed by atoms with Crippen LogP contribution in [0.4, 0.5) is 4.79 Å². The molecule has 29 heavy (non-hydrogen) atoms. The number of rotatable bonds is 8. The molecule has 7 heteroatoms. The van der Waals surface area contributed by atoms with E-state index in [2.05, 4.69) is 22.8 Å². The number of alkyl carbamates (subject to hydrolysis) is 1. The second-order valence-electron chi connectivity index (χ2n) is 6.87. The largest absolute Gasteiger partial charge is 0.481 e. The van der Waals surface area contributed by atoms with Crippen molar-refractivity contribution in [3.05, 3.63) is 59.7 Å². The minimum Gasteiger partial charge on any atom is -0.481 e. The number of carbonyl (C=O) groups is 3. The molecule has 0 fully saturated rings. The number of carboxylic acids is 1. The summed E-state index contributed by atoms with van der Waals surface area (Å²) in [5.74, 6) is -1.48. The second kappa shape index (κ2) is 9.23. The Morgan fingerprint density at radius 2 is 1.62 bits per heavy atom. The van der Waals surface area contributed by atoms with Crippen LogP contribution < -0.4 is 10.6 Å². The van der Waals surface area contributed by atoms with Crippen LogP contribution in [0.2, 0.25) is 0 Å². The molecule has 2 amide bonds. The highest BCUT2D eigenvalue weighted by Crippen LogP contribution is 2.44. The fourth-order valence-electron chi connectivity index (χ4n) is 3.55. The first kappa shape index (κ1) is 20.4. The fourth-order valence-corrected chi connectivity index (χ4v) is 3.55. The first-order chi connectivity index (χ1) is 14.0. The van der Waals surface area contributed by atoms with Gasteiger partial charge in [-0.25, -0.2) is 4.79 Å². The highest BCUT2D eigenvalue weighted by atomic mass is 16.5. The summed E-state index contributed by atoms with van der Waals surface area (Å²) in [4.78, 5) is 34.9. The van der Waals surface area contributed by atoms with Crippen molar-refractivity contribution < 1.29 is 24.2 Å². The van der Waals surface area contributed by atoms with E-state index < -0.39 is 24.0 Å². The molecule has 152 valence electrons. The Kier molecular flexibility index (Phi) is 6.49. The van der Waals surface area contributed by atoms with Crippen molar-refractivity contribution in [1.82, 2.24) is 10.6 Å². The standard InChI is InChI=1S/C22H24N2O5/c1-2-19(21(27)23-12-11-20(25)26)24-22(28)29-13-18-16-9-5-3-7-14(16)15-8-4-6-10-17(15)18/h3-10,18-19H,2,11-13H2,1H3,(H,23,27)(H,24,28)(H,25,26)/t19-/m0/s1. The summed E-state index contributed by atoms with van der Waals surface area (Å²) in [6, 6.07) is 15.3. The number of carbonyl (C=O) groups excluding carboxylic acids is 2. The van der Waals surface area contributed by atoms with Gasteiger partial charge >= 0.3 is 12.1 Å². The van der Waals surface area contributed by atoms with Crippen LogP contribution in [0.5, 0.6) is 0 Å². The van der Waals surface area contributed by atoms with Crippen molar-refractivity contribution in [3.8, 4) is 11.1 Å². The van der Waals surface area contributed by atoms with Gasteiger partial charge in [-0.1, -0.05) is 55.5 Å². The van der Waals surface area contributed by atoms with E-state index in [1.165, 1.54) is 0 Å². The normalized spacial score (nSPS) is 13.1. The Labute approximate surface area is 169 Å².